The molecule has 1 fully saturated rings. The van der Waals surface area contributed by atoms with Gasteiger partial charge in [0.1, 0.15) is 0 Å². The minimum atomic E-state index is 0.761. The Hall–Kier alpha value is -1.80. The first-order valence-electron chi connectivity index (χ1n) is 9.97. The lowest BCUT2D eigenvalue weighted by atomic mass is 9.97. The highest BCUT2D eigenvalue weighted by atomic mass is 15.2. The first kappa shape index (κ1) is 16.7. The van der Waals surface area contributed by atoms with Gasteiger partial charge in [0, 0.05) is 40.4 Å². The van der Waals surface area contributed by atoms with E-state index in [4.69, 9.17) is 0 Å². The number of fused-ring (bicyclic) bond motifs is 3. The zero-order valence-electron chi connectivity index (χ0n) is 15.6. The Kier molecular flexibility index (Phi) is 4.80. The number of likely N-dealkylation sites (tertiary alicyclic amines) is 1. The Morgan fingerprint density at radius 2 is 1.28 bits per heavy atom. The molecule has 1 aliphatic rings. The summed E-state index contributed by atoms with van der Waals surface area (Å²) in [5.74, 6) is 0. The lowest BCUT2D eigenvalue weighted by Gasteiger charge is -2.39. The maximum atomic E-state index is 2.73. The Labute approximate surface area is 151 Å². The second-order valence-electron chi connectivity index (χ2n) is 7.76. The molecule has 1 saturated heterocycles. The Morgan fingerprint density at radius 1 is 0.760 bits per heavy atom. The third-order valence-corrected chi connectivity index (χ3v) is 6.10. The van der Waals surface area contributed by atoms with Crippen molar-refractivity contribution in [2.24, 2.45) is 0 Å². The molecule has 132 valence electrons. The number of nitrogens with zero attached hydrogens (tertiary/aromatic N) is 2. The Balaban J connectivity index is 1.47. The first-order chi connectivity index (χ1) is 12.3. The molecule has 2 atom stereocenters. The van der Waals surface area contributed by atoms with Gasteiger partial charge in [0.15, 0.2) is 0 Å². The molecule has 4 rings (SSSR count). The predicted octanol–water partition coefficient (Wildman–Crippen LogP) is 5.84. The van der Waals surface area contributed by atoms with E-state index in [0.717, 1.165) is 18.6 Å². The summed E-state index contributed by atoms with van der Waals surface area (Å²) in [5.41, 5.74) is 2.76. The number of rotatable bonds is 5. The molecule has 3 aromatic rings. The lowest BCUT2D eigenvalue weighted by molar-refractivity contribution is 0.101. The van der Waals surface area contributed by atoms with Gasteiger partial charge in [0.25, 0.3) is 0 Å². The van der Waals surface area contributed by atoms with Gasteiger partial charge < -0.3 is 4.57 Å². The smallest absolute Gasteiger partial charge is 0.0491 e. The maximum Gasteiger partial charge on any atom is 0.0491 e. The third-order valence-electron chi connectivity index (χ3n) is 6.10. The molecule has 0 amide bonds. The minimum Gasteiger partial charge on any atom is -0.340 e. The molecule has 2 heteroatoms. The highest BCUT2D eigenvalue weighted by Crippen LogP contribution is 2.29. The molecule has 0 saturated carbocycles. The number of para-hydroxylation sites is 2. The van der Waals surface area contributed by atoms with Gasteiger partial charge in [-0.2, -0.15) is 0 Å². The van der Waals surface area contributed by atoms with E-state index in [2.05, 4.69) is 71.8 Å². The standard InChI is InChI=1S/C23H30N2/c1-18-10-9-11-19(2)24(18)16-7-8-17-25-22-14-5-3-12-20(22)21-13-4-6-15-23(21)25/h3-6,12-15,18-19H,7-11,16-17H2,1-2H3/t18-,19-/m1/s1. The van der Waals surface area contributed by atoms with E-state index in [9.17, 15) is 0 Å². The van der Waals surface area contributed by atoms with Gasteiger partial charge in [-0.25, -0.2) is 0 Å². The summed E-state index contributed by atoms with van der Waals surface area (Å²) in [4.78, 5) is 2.73. The molecule has 2 aromatic carbocycles. The molecule has 0 unspecified atom stereocenters. The molecular weight excluding hydrogens is 304 g/mol. The average molecular weight is 335 g/mol. The van der Waals surface area contributed by atoms with Crippen LogP contribution < -0.4 is 0 Å². The monoisotopic (exact) mass is 334 g/mol. The van der Waals surface area contributed by atoms with Crippen molar-refractivity contribution in [1.82, 2.24) is 9.47 Å². The maximum absolute atomic E-state index is 2.73. The van der Waals surface area contributed by atoms with Gasteiger partial charge in [0.2, 0.25) is 0 Å². The molecule has 0 aliphatic carbocycles. The van der Waals surface area contributed by atoms with Crippen molar-refractivity contribution in [3.05, 3.63) is 48.5 Å². The fraction of sp³-hybridized carbons (Fsp3) is 0.478. The number of aryl methyl sites for hydroxylation is 1. The van der Waals surface area contributed by atoms with Crippen LogP contribution in [0.1, 0.15) is 46.0 Å². The fourth-order valence-corrected chi connectivity index (χ4v) is 4.72. The minimum absolute atomic E-state index is 0.761. The quantitative estimate of drug-likeness (QED) is 0.532. The van der Waals surface area contributed by atoms with Crippen LogP contribution in [0.15, 0.2) is 48.5 Å². The number of hydrogen-bond acceptors (Lipinski definition) is 1. The van der Waals surface area contributed by atoms with Crippen LogP contribution in [0.5, 0.6) is 0 Å². The summed E-state index contributed by atoms with van der Waals surface area (Å²) in [7, 11) is 0. The van der Waals surface area contributed by atoms with Gasteiger partial charge in [-0.05, 0) is 58.2 Å². The topological polar surface area (TPSA) is 8.17 Å². The van der Waals surface area contributed by atoms with Crippen molar-refractivity contribution in [3.63, 3.8) is 0 Å². The van der Waals surface area contributed by atoms with Gasteiger partial charge in [0.05, 0.1) is 0 Å². The van der Waals surface area contributed by atoms with Crippen LogP contribution >= 0.6 is 0 Å². The van der Waals surface area contributed by atoms with Gasteiger partial charge >= 0.3 is 0 Å². The SMILES string of the molecule is C[C@@H]1CCC[C@@H](C)N1CCCCn1c2ccccc2c2ccccc21. The number of benzene rings is 2. The summed E-state index contributed by atoms with van der Waals surface area (Å²) < 4.78 is 2.52. The summed E-state index contributed by atoms with van der Waals surface area (Å²) in [5, 5.41) is 2.77. The molecule has 1 aromatic heterocycles. The lowest BCUT2D eigenvalue weighted by Crippen LogP contribution is -2.44. The molecule has 0 spiro atoms. The van der Waals surface area contributed by atoms with E-state index < -0.39 is 0 Å². The van der Waals surface area contributed by atoms with Crippen LogP contribution in [0.2, 0.25) is 0 Å². The van der Waals surface area contributed by atoms with E-state index in [-0.39, 0.29) is 0 Å². The molecule has 25 heavy (non-hydrogen) atoms. The average Bonchev–Trinajstić information content (AvgIpc) is 2.95. The number of aromatic nitrogens is 1. The molecule has 0 bridgehead atoms. The first-order valence-corrected chi connectivity index (χ1v) is 9.97. The fourth-order valence-electron chi connectivity index (χ4n) is 4.72. The molecule has 0 radical (unpaired) electrons. The van der Waals surface area contributed by atoms with Crippen LogP contribution in [0.25, 0.3) is 21.8 Å². The number of unbranched alkanes of at least 4 members (excludes halogenated alkanes) is 1. The van der Waals surface area contributed by atoms with Crippen LogP contribution in [-0.4, -0.2) is 28.1 Å². The van der Waals surface area contributed by atoms with Crippen molar-refractivity contribution in [2.75, 3.05) is 6.54 Å². The summed E-state index contributed by atoms with van der Waals surface area (Å²) in [6.45, 7) is 7.18. The predicted molar refractivity (Wildman–Crippen MR) is 108 cm³/mol. The van der Waals surface area contributed by atoms with Crippen LogP contribution in [-0.2, 0) is 6.54 Å². The number of piperidine rings is 1. The van der Waals surface area contributed by atoms with Crippen molar-refractivity contribution in [1.29, 1.82) is 0 Å². The van der Waals surface area contributed by atoms with E-state index in [0.29, 0.717) is 0 Å². The molecule has 1 aliphatic heterocycles. The molecular formula is C23H30N2. The van der Waals surface area contributed by atoms with Crippen molar-refractivity contribution < 1.29 is 0 Å². The van der Waals surface area contributed by atoms with E-state index in [1.54, 1.807) is 0 Å². The third kappa shape index (κ3) is 3.20. The molecule has 0 N–H and O–H groups in total. The second-order valence-corrected chi connectivity index (χ2v) is 7.76. The van der Waals surface area contributed by atoms with Crippen LogP contribution in [0.3, 0.4) is 0 Å². The van der Waals surface area contributed by atoms with Crippen LogP contribution in [0.4, 0.5) is 0 Å². The van der Waals surface area contributed by atoms with Gasteiger partial charge in [-0.15, -0.1) is 0 Å². The largest absolute Gasteiger partial charge is 0.340 e. The Morgan fingerprint density at radius 3 is 1.88 bits per heavy atom. The summed E-state index contributed by atoms with van der Waals surface area (Å²) in [6, 6.07) is 19.2. The zero-order chi connectivity index (χ0) is 17.2. The summed E-state index contributed by atoms with van der Waals surface area (Å²) >= 11 is 0. The van der Waals surface area contributed by atoms with Crippen LogP contribution in [0, 0.1) is 0 Å². The number of hydrogen-bond donors (Lipinski definition) is 0. The van der Waals surface area contributed by atoms with E-state index in [1.165, 1.54) is 60.5 Å². The van der Waals surface area contributed by atoms with Gasteiger partial charge in [-0.1, -0.05) is 42.8 Å². The van der Waals surface area contributed by atoms with Crippen molar-refractivity contribution >= 4 is 21.8 Å². The zero-order valence-corrected chi connectivity index (χ0v) is 15.6. The highest BCUT2D eigenvalue weighted by molar-refractivity contribution is 6.07. The van der Waals surface area contributed by atoms with Crippen molar-refractivity contribution in [2.45, 2.75) is 64.6 Å². The van der Waals surface area contributed by atoms with E-state index >= 15 is 0 Å². The van der Waals surface area contributed by atoms with E-state index in [1.807, 2.05) is 0 Å². The van der Waals surface area contributed by atoms with Gasteiger partial charge in [-0.3, -0.25) is 4.90 Å². The highest BCUT2D eigenvalue weighted by Gasteiger charge is 2.23. The normalized spacial score (nSPS) is 22.0. The molecule has 2 heterocycles. The summed E-state index contributed by atoms with van der Waals surface area (Å²) in [6.07, 6.45) is 6.68. The van der Waals surface area contributed by atoms with Crippen molar-refractivity contribution in [3.8, 4) is 0 Å². The Bertz CT molecular complexity index is 784. The molecule has 2 nitrogen and oxygen atoms in total. The second kappa shape index (κ2) is 7.21.